The first-order valence-electron chi connectivity index (χ1n) is 6.86. The lowest BCUT2D eigenvalue weighted by molar-refractivity contribution is 0.0696. The first kappa shape index (κ1) is 14.0. The SMILES string of the molecule is O=C(O)c1cccc(CNCCCOCC2CC2)c1. The van der Waals surface area contributed by atoms with Gasteiger partial charge in [-0.3, -0.25) is 0 Å². The molecule has 1 aliphatic rings. The van der Waals surface area contributed by atoms with Crippen molar-refractivity contribution in [2.45, 2.75) is 25.8 Å². The maximum atomic E-state index is 10.8. The number of hydrogen-bond donors (Lipinski definition) is 2. The maximum Gasteiger partial charge on any atom is 0.335 e. The first-order valence-corrected chi connectivity index (χ1v) is 6.86. The monoisotopic (exact) mass is 263 g/mol. The Kier molecular flexibility index (Phi) is 5.36. The summed E-state index contributed by atoms with van der Waals surface area (Å²) >= 11 is 0. The van der Waals surface area contributed by atoms with Gasteiger partial charge in [0.05, 0.1) is 5.56 Å². The summed E-state index contributed by atoms with van der Waals surface area (Å²) in [7, 11) is 0. The molecule has 2 N–H and O–H groups in total. The fraction of sp³-hybridized carbons (Fsp3) is 0.533. The summed E-state index contributed by atoms with van der Waals surface area (Å²) in [5, 5.41) is 12.2. The molecule has 1 saturated carbocycles. The largest absolute Gasteiger partial charge is 0.478 e. The quantitative estimate of drug-likeness (QED) is 0.671. The molecule has 1 fully saturated rings. The number of carboxylic acid groups (broad SMARTS) is 1. The van der Waals surface area contributed by atoms with Crippen molar-refractivity contribution in [3.8, 4) is 0 Å². The van der Waals surface area contributed by atoms with Crippen LogP contribution in [0.3, 0.4) is 0 Å². The highest BCUT2D eigenvalue weighted by Gasteiger charge is 2.20. The maximum absolute atomic E-state index is 10.8. The van der Waals surface area contributed by atoms with E-state index in [1.165, 1.54) is 12.8 Å². The zero-order chi connectivity index (χ0) is 13.5. The summed E-state index contributed by atoms with van der Waals surface area (Å²) in [6, 6.07) is 7.03. The molecule has 0 radical (unpaired) electrons. The zero-order valence-corrected chi connectivity index (χ0v) is 11.1. The molecule has 1 aromatic carbocycles. The fourth-order valence-corrected chi connectivity index (χ4v) is 1.88. The van der Waals surface area contributed by atoms with Gasteiger partial charge in [-0.1, -0.05) is 12.1 Å². The molecule has 104 valence electrons. The van der Waals surface area contributed by atoms with E-state index in [2.05, 4.69) is 5.32 Å². The first-order chi connectivity index (χ1) is 9.25. The summed E-state index contributed by atoms with van der Waals surface area (Å²) in [6.45, 7) is 3.31. The van der Waals surface area contributed by atoms with Crippen LogP contribution in [0.25, 0.3) is 0 Å². The summed E-state index contributed by atoms with van der Waals surface area (Å²) in [4.78, 5) is 10.8. The summed E-state index contributed by atoms with van der Waals surface area (Å²) in [5.74, 6) is -0.0537. The Labute approximate surface area is 113 Å². The molecule has 0 aliphatic heterocycles. The predicted molar refractivity (Wildman–Crippen MR) is 73.3 cm³/mol. The highest BCUT2D eigenvalue weighted by atomic mass is 16.5. The van der Waals surface area contributed by atoms with E-state index in [4.69, 9.17) is 9.84 Å². The third kappa shape index (κ3) is 5.41. The second-order valence-electron chi connectivity index (χ2n) is 5.05. The number of hydrogen-bond acceptors (Lipinski definition) is 3. The van der Waals surface area contributed by atoms with Crippen LogP contribution in [0.2, 0.25) is 0 Å². The van der Waals surface area contributed by atoms with Crippen LogP contribution in [0, 0.1) is 5.92 Å². The molecule has 0 spiro atoms. The average Bonchev–Trinajstić information content (AvgIpc) is 3.22. The molecular formula is C15H21NO3. The molecule has 0 amide bonds. The van der Waals surface area contributed by atoms with Crippen LogP contribution in [0.15, 0.2) is 24.3 Å². The smallest absolute Gasteiger partial charge is 0.335 e. The Morgan fingerprint density at radius 1 is 1.42 bits per heavy atom. The second-order valence-corrected chi connectivity index (χ2v) is 5.05. The van der Waals surface area contributed by atoms with E-state index >= 15 is 0 Å². The predicted octanol–water partition coefficient (Wildman–Crippen LogP) is 2.29. The lowest BCUT2D eigenvalue weighted by atomic mass is 10.1. The third-order valence-electron chi connectivity index (χ3n) is 3.20. The van der Waals surface area contributed by atoms with Crippen LogP contribution in [-0.2, 0) is 11.3 Å². The average molecular weight is 263 g/mol. The van der Waals surface area contributed by atoms with E-state index < -0.39 is 5.97 Å². The molecule has 4 heteroatoms. The molecule has 1 aromatic rings. The van der Waals surface area contributed by atoms with E-state index in [0.717, 1.165) is 37.7 Å². The standard InChI is InChI=1S/C15H21NO3/c17-15(18)14-4-1-3-13(9-14)10-16-7-2-8-19-11-12-5-6-12/h1,3-4,9,12,16H,2,5-8,10-11H2,(H,17,18). The van der Waals surface area contributed by atoms with Crippen LogP contribution in [0.5, 0.6) is 0 Å². The third-order valence-corrected chi connectivity index (χ3v) is 3.20. The summed E-state index contributed by atoms with van der Waals surface area (Å²) in [5.41, 5.74) is 1.34. The molecule has 0 atom stereocenters. The van der Waals surface area contributed by atoms with Crippen LogP contribution >= 0.6 is 0 Å². The Morgan fingerprint density at radius 2 is 2.26 bits per heavy atom. The zero-order valence-electron chi connectivity index (χ0n) is 11.1. The van der Waals surface area contributed by atoms with Crippen molar-refractivity contribution in [3.05, 3.63) is 35.4 Å². The molecular weight excluding hydrogens is 242 g/mol. The molecule has 0 aromatic heterocycles. The van der Waals surface area contributed by atoms with Crippen LogP contribution in [0.4, 0.5) is 0 Å². The van der Waals surface area contributed by atoms with Gasteiger partial charge in [-0.15, -0.1) is 0 Å². The van der Waals surface area contributed by atoms with Crippen molar-refractivity contribution in [3.63, 3.8) is 0 Å². The number of carbonyl (C=O) groups is 1. The number of aromatic carboxylic acids is 1. The van der Waals surface area contributed by atoms with Gasteiger partial charge >= 0.3 is 5.97 Å². The number of ether oxygens (including phenoxy) is 1. The summed E-state index contributed by atoms with van der Waals surface area (Å²) < 4.78 is 5.54. The fourth-order valence-electron chi connectivity index (χ4n) is 1.88. The van der Waals surface area contributed by atoms with Gasteiger partial charge in [0, 0.05) is 19.8 Å². The van der Waals surface area contributed by atoms with Gasteiger partial charge in [0.15, 0.2) is 0 Å². The number of benzene rings is 1. The van der Waals surface area contributed by atoms with Gasteiger partial charge in [-0.05, 0) is 49.4 Å². The van der Waals surface area contributed by atoms with Crippen molar-refractivity contribution in [1.82, 2.24) is 5.32 Å². The minimum atomic E-state index is -0.879. The van der Waals surface area contributed by atoms with Gasteiger partial charge in [-0.2, -0.15) is 0 Å². The molecule has 0 bridgehead atoms. The highest BCUT2D eigenvalue weighted by Crippen LogP contribution is 2.28. The highest BCUT2D eigenvalue weighted by molar-refractivity contribution is 5.87. The van der Waals surface area contributed by atoms with Gasteiger partial charge in [-0.25, -0.2) is 4.79 Å². The number of carboxylic acids is 1. The minimum absolute atomic E-state index is 0.340. The molecule has 0 unspecified atom stereocenters. The van der Waals surface area contributed by atoms with E-state index in [1.54, 1.807) is 18.2 Å². The number of rotatable bonds is 9. The molecule has 4 nitrogen and oxygen atoms in total. The van der Waals surface area contributed by atoms with Crippen LogP contribution in [0.1, 0.15) is 35.2 Å². The Hall–Kier alpha value is -1.39. The van der Waals surface area contributed by atoms with Crippen LogP contribution in [-0.4, -0.2) is 30.8 Å². The normalized spacial score (nSPS) is 14.5. The van der Waals surface area contributed by atoms with E-state index in [-0.39, 0.29) is 0 Å². The van der Waals surface area contributed by atoms with E-state index in [9.17, 15) is 4.79 Å². The molecule has 0 saturated heterocycles. The van der Waals surface area contributed by atoms with E-state index in [1.807, 2.05) is 6.07 Å². The van der Waals surface area contributed by atoms with Gasteiger partial charge in [0.25, 0.3) is 0 Å². The second kappa shape index (κ2) is 7.26. The van der Waals surface area contributed by atoms with Crippen molar-refractivity contribution < 1.29 is 14.6 Å². The topological polar surface area (TPSA) is 58.6 Å². The van der Waals surface area contributed by atoms with Crippen molar-refractivity contribution >= 4 is 5.97 Å². The molecule has 1 aliphatic carbocycles. The van der Waals surface area contributed by atoms with E-state index in [0.29, 0.717) is 12.1 Å². The molecule has 0 heterocycles. The van der Waals surface area contributed by atoms with Crippen molar-refractivity contribution in [2.24, 2.45) is 5.92 Å². The minimum Gasteiger partial charge on any atom is -0.478 e. The number of nitrogens with one attached hydrogen (secondary N) is 1. The lowest BCUT2D eigenvalue weighted by Gasteiger charge is -2.06. The van der Waals surface area contributed by atoms with Gasteiger partial charge in [0.2, 0.25) is 0 Å². The van der Waals surface area contributed by atoms with Crippen molar-refractivity contribution in [2.75, 3.05) is 19.8 Å². The molecule has 2 rings (SSSR count). The lowest BCUT2D eigenvalue weighted by Crippen LogP contribution is -2.17. The Morgan fingerprint density at radius 3 is 3.00 bits per heavy atom. The molecule has 19 heavy (non-hydrogen) atoms. The summed E-state index contributed by atoms with van der Waals surface area (Å²) in [6.07, 6.45) is 3.65. The Bertz CT molecular complexity index is 416. The van der Waals surface area contributed by atoms with Crippen LogP contribution < -0.4 is 5.32 Å². The van der Waals surface area contributed by atoms with Crippen molar-refractivity contribution in [1.29, 1.82) is 0 Å². The Balaban J connectivity index is 1.56. The van der Waals surface area contributed by atoms with Gasteiger partial charge in [0.1, 0.15) is 0 Å². The van der Waals surface area contributed by atoms with Gasteiger partial charge < -0.3 is 15.2 Å².